The largest absolute Gasteiger partial charge is 0.466 e. The average molecular weight is 410 g/mol. The SMILES string of the molecule is CCOC(=O)[C@@H]1CCCN(C(=O)Nc2ccc(-n3cccn3)cc2C(F)(F)F)C1. The first-order valence-electron chi connectivity index (χ1n) is 9.23. The van der Waals surface area contributed by atoms with Gasteiger partial charge in [0.05, 0.1) is 29.5 Å². The summed E-state index contributed by atoms with van der Waals surface area (Å²) < 4.78 is 47.0. The van der Waals surface area contributed by atoms with Gasteiger partial charge in [0, 0.05) is 25.5 Å². The van der Waals surface area contributed by atoms with Crippen molar-refractivity contribution < 1.29 is 27.5 Å². The number of likely N-dealkylation sites (tertiary alicyclic amines) is 1. The van der Waals surface area contributed by atoms with Crippen molar-refractivity contribution >= 4 is 17.7 Å². The summed E-state index contributed by atoms with van der Waals surface area (Å²) in [6.07, 6.45) is -0.534. The molecule has 0 aliphatic carbocycles. The summed E-state index contributed by atoms with van der Waals surface area (Å²) >= 11 is 0. The molecule has 3 rings (SSSR count). The van der Waals surface area contributed by atoms with Crippen LogP contribution in [0.15, 0.2) is 36.7 Å². The highest BCUT2D eigenvalue weighted by atomic mass is 19.4. The number of benzene rings is 1. The lowest BCUT2D eigenvalue weighted by atomic mass is 9.98. The molecule has 1 N–H and O–H groups in total. The Hall–Kier alpha value is -3.04. The Kier molecular flexibility index (Phi) is 6.09. The van der Waals surface area contributed by atoms with Gasteiger partial charge in [-0.1, -0.05) is 0 Å². The van der Waals surface area contributed by atoms with Crippen LogP contribution in [0.4, 0.5) is 23.7 Å². The van der Waals surface area contributed by atoms with Crippen molar-refractivity contribution in [1.82, 2.24) is 14.7 Å². The van der Waals surface area contributed by atoms with E-state index in [-0.39, 0.29) is 24.5 Å². The van der Waals surface area contributed by atoms with Gasteiger partial charge in [-0.2, -0.15) is 18.3 Å². The summed E-state index contributed by atoms with van der Waals surface area (Å²) in [7, 11) is 0. The standard InChI is InChI=1S/C19H21F3N4O3/c1-2-29-17(27)13-5-3-9-25(12-13)18(28)24-16-7-6-14(26-10-4-8-23-26)11-15(16)19(20,21)22/h4,6-8,10-11,13H,2-3,5,9,12H2,1H3,(H,24,28)/t13-/m1/s1. The van der Waals surface area contributed by atoms with Crippen LogP contribution in [0.3, 0.4) is 0 Å². The van der Waals surface area contributed by atoms with E-state index in [2.05, 4.69) is 10.4 Å². The van der Waals surface area contributed by atoms with Crippen LogP contribution in [0.5, 0.6) is 0 Å². The number of piperidine rings is 1. The van der Waals surface area contributed by atoms with Gasteiger partial charge in [-0.05, 0) is 44.0 Å². The molecule has 0 saturated carbocycles. The van der Waals surface area contributed by atoms with Crippen molar-refractivity contribution in [1.29, 1.82) is 0 Å². The Morgan fingerprint density at radius 2 is 2.14 bits per heavy atom. The zero-order chi connectivity index (χ0) is 21.0. The number of urea groups is 1. The number of halogens is 3. The number of esters is 1. The van der Waals surface area contributed by atoms with Crippen LogP contribution in [-0.2, 0) is 15.7 Å². The molecule has 0 radical (unpaired) electrons. The second-order valence-electron chi connectivity index (χ2n) is 6.65. The normalized spacial score (nSPS) is 17.1. The minimum atomic E-state index is -4.67. The van der Waals surface area contributed by atoms with Gasteiger partial charge in [-0.3, -0.25) is 4.79 Å². The van der Waals surface area contributed by atoms with Crippen LogP contribution in [0.25, 0.3) is 5.69 Å². The molecule has 1 saturated heterocycles. The Morgan fingerprint density at radius 3 is 2.79 bits per heavy atom. The summed E-state index contributed by atoms with van der Waals surface area (Å²) in [5.74, 6) is -0.872. The molecule has 0 unspecified atom stereocenters. The molecule has 1 aromatic carbocycles. The van der Waals surface area contributed by atoms with Crippen molar-refractivity contribution in [3.05, 3.63) is 42.2 Å². The maximum atomic E-state index is 13.6. The van der Waals surface area contributed by atoms with Crippen LogP contribution >= 0.6 is 0 Å². The molecule has 29 heavy (non-hydrogen) atoms. The number of hydrogen-bond donors (Lipinski definition) is 1. The van der Waals surface area contributed by atoms with Crippen molar-refractivity contribution in [2.24, 2.45) is 5.92 Å². The average Bonchev–Trinajstić information content (AvgIpc) is 3.22. The van der Waals surface area contributed by atoms with Gasteiger partial charge in [-0.25, -0.2) is 9.48 Å². The number of alkyl halides is 3. The summed E-state index contributed by atoms with van der Waals surface area (Å²) in [4.78, 5) is 25.8. The minimum absolute atomic E-state index is 0.109. The highest BCUT2D eigenvalue weighted by molar-refractivity contribution is 5.91. The summed E-state index contributed by atoms with van der Waals surface area (Å²) in [5, 5.41) is 6.26. The number of aromatic nitrogens is 2. The van der Waals surface area contributed by atoms with Gasteiger partial charge in [0.25, 0.3) is 0 Å². The number of nitrogens with zero attached hydrogens (tertiary/aromatic N) is 3. The highest BCUT2D eigenvalue weighted by Crippen LogP contribution is 2.36. The first kappa shape index (κ1) is 20.7. The third kappa shape index (κ3) is 4.87. The first-order valence-corrected chi connectivity index (χ1v) is 9.23. The van der Waals surface area contributed by atoms with Gasteiger partial charge in [-0.15, -0.1) is 0 Å². The van der Waals surface area contributed by atoms with E-state index < -0.39 is 29.7 Å². The predicted octanol–water partition coefficient (Wildman–Crippen LogP) is 3.70. The molecule has 7 nitrogen and oxygen atoms in total. The van der Waals surface area contributed by atoms with Crippen molar-refractivity contribution in [2.45, 2.75) is 25.9 Å². The molecule has 156 valence electrons. The highest BCUT2D eigenvalue weighted by Gasteiger charge is 2.35. The number of anilines is 1. The quantitative estimate of drug-likeness (QED) is 0.780. The van der Waals surface area contributed by atoms with E-state index in [4.69, 9.17) is 4.74 Å². The summed E-state index contributed by atoms with van der Waals surface area (Å²) in [5.41, 5.74) is -1.10. The molecule has 2 aromatic rings. The molecule has 0 bridgehead atoms. The number of hydrogen-bond acceptors (Lipinski definition) is 4. The van der Waals surface area contributed by atoms with Gasteiger partial charge in [0.1, 0.15) is 0 Å². The van der Waals surface area contributed by atoms with Crippen molar-refractivity contribution in [3.63, 3.8) is 0 Å². The second-order valence-corrected chi connectivity index (χ2v) is 6.65. The lowest BCUT2D eigenvalue weighted by Gasteiger charge is -2.31. The lowest BCUT2D eigenvalue weighted by molar-refractivity contribution is -0.149. The number of ether oxygens (including phenoxy) is 1. The second kappa shape index (κ2) is 8.54. The fourth-order valence-electron chi connectivity index (χ4n) is 3.25. The number of nitrogens with one attached hydrogen (secondary N) is 1. The zero-order valence-electron chi connectivity index (χ0n) is 15.8. The van der Waals surface area contributed by atoms with Crippen LogP contribution in [0.2, 0.25) is 0 Å². The summed E-state index contributed by atoms with van der Waals surface area (Å²) in [6, 6.07) is 4.48. The number of carbonyl (C=O) groups excluding carboxylic acids is 2. The van der Waals surface area contributed by atoms with E-state index in [1.807, 2.05) is 0 Å². The third-order valence-corrected chi connectivity index (χ3v) is 4.65. The number of rotatable bonds is 4. The molecule has 0 spiro atoms. The molecule has 1 aliphatic rings. The summed E-state index contributed by atoms with van der Waals surface area (Å²) in [6.45, 7) is 2.39. The molecule has 1 aromatic heterocycles. The van der Waals surface area contributed by atoms with Crippen molar-refractivity contribution in [2.75, 3.05) is 25.0 Å². The van der Waals surface area contributed by atoms with Gasteiger partial charge >= 0.3 is 18.2 Å². The molecule has 1 aliphatic heterocycles. The zero-order valence-corrected chi connectivity index (χ0v) is 15.8. The molecule has 1 fully saturated rings. The first-order chi connectivity index (χ1) is 13.8. The molecule has 10 heteroatoms. The van der Waals surface area contributed by atoms with E-state index in [9.17, 15) is 22.8 Å². The fourth-order valence-corrected chi connectivity index (χ4v) is 3.25. The minimum Gasteiger partial charge on any atom is -0.466 e. The monoisotopic (exact) mass is 410 g/mol. The lowest BCUT2D eigenvalue weighted by Crippen LogP contribution is -2.44. The Morgan fingerprint density at radius 1 is 1.34 bits per heavy atom. The molecule has 2 heterocycles. The van der Waals surface area contributed by atoms with Crippen molar-refractivity contribution in [3.8, 4) is 5.69 Å². The molecule has 2 amide bonds. The molecular formula is C19H21F3N4O3. The Balaban J connectivity index is 1.78. The number of carbonyl (C=O) groups is 2. The Labute approximate surface area is 165 Å². The van der Waals surface area contributed by atoms with Gasteiger partial charge < -0.3 is 15.0 Å². The van der Waals surface area contributed by atoms with E-state index in [1.165, 1.54) is 34.1 Å². The Bertz CT molecular complexity index is 868. The van der Waals surface area contributed by atoms with Gasteiger partial charge in [0.15, 0.2) is 0 Å². The van der Waals surface area contributed by atoms with E-state index in [0.29, 0.717) is 19.4 Å². The number of amides is 2. The van der Waals surface area contributed by atoms with E-state index in [0.717, 1.165) is 6.07 Å². The maximum Gasteiger partial charge on any atom is 0.418 e. The molecular weight excluding hydrogens is 389 g/mol. The fraction of sp³-hybridized carbons (Fsp3) is 0.421. The van der Waals surface area contributed by atoms with Gasteiger partial charge in [0.2, 0.25) is 0 Å². The molecule has 1 atom stereocenters. The van der Waals surface area contributed by atoms with E-state index >= 15 is 0 Å². The third-order valence-electron chi connectivity index (χ3n) is 4.65. The van der Waals surface area contributed by atoms with E-state index in [1.54, 1.807) is 13.0 Å². The van der Waals surface area contributed by atoms with Crippen LogP contribution in [0, 0.1) is 5.92 Å². The maximum absolute atomic E-state index is 13.6. The topological polar surface area (TPSA) is 76.5 Å². The predicted molar refractivity (Wildman–Crippen MR) is 98.5 cm³/mol. The van der Waals surface area contributed by atoms with Crippen LogP contribution in [-0.4, -0.2) is 46.4 Å². The van der Waals surface area contributed by atoms with Crippen LogP contribution < -0.4 is 5.32 Å². The smallest absolute Gasteiger partial charge is 0.418 e. The van der Waals surface area contributed by atoms with Crippen LogP contribution in [0.1, 0.15) is 25.3 Å².